The van der Waals surface area contributed by atoms with Crippen molar-refractivity contribution in [2.45, 2.75) is 27.8 Å². The smallest absolute Gasteiger partial charge is 0.287 e. The van der Waals surface area contributed by atoms with E-state index in [0.29, 0.717) is 5.71 Å². The lowest BCUT2D eigenvalue weighted by molar-refractivity contribution is -0.181. The van der Waals surface area contributed by atoms with Crippen LogP contribution in [0.15, 0.2) is 5.16 Å². The van der Waals surface area contributed by atoms with Gasteiger partial charge in [-0.05, 0) is 6.92 Å². The highest BCUT2D eigenvalue weighted by atomic mass is 79.9. The molecule has 7 heteroatoms. The SMILES string of the molecule is C[C@@H](Br)C1=NO[C@](O)(C(Cl)(Cl)Cl)C1. The zero-order valence-electron chi connectivity index (χ0n) is 6.60. The van der Waals surface area contributed by atoms with Crippen LogP contribution in [-0.2, 0) is 4.84 Å². The molecule has 76 valence electrons. The van der Waals surface area contributed by atoms with Gasteiger partial charge in [0.15, 0.2) is 0 Å². The molecule has 0 bridgehead atoms. The van der Waals surface area contributed by atoms with Crippen LogP contribution in [0.5, 0.6) is 0 Å². The highest BCUT2D eigenvalue weighted by Gasteiger charge is 2.54. The van der Waals surface area contributed by atoms with Gasteiger partial charge < -0.3 is 9.94 Å². The van der Waals surface area contributed by atoms with Crippen LogP contribution in [0.2, 0.25) is 0 Å². The Morgan fingerprint density at radius 2 is 2.23 bits per heavy atom. The van der Waals surface area contributed by atoms with E-state index in [-0.39, 0.29) is 11.2 Å². The van der Waals surface area contributed by atoms with Crippen molar-refractivity contribution in [3.63, 3.8) is 0 Å². The van der Waals surface area contributed by atoms with Crippen molar-refractivity contribution in [2.75, 3.05) is 0 Å². The Hall–Kier alpha value is 0.780. The molecule has 0 saturated carbocycles. The van der Waals surface area contributed by atoms with E-state index >= 15 is 0 Å². The maximum absolute atomic E-state index is 9.69. The van der Waals surface area contributed by atoms with Crippen LogP contribution in [0, 0.1) is 0 Å². The first-order valence-electron chi connectivity index (χ1n) is 3.44. The quantitative estimate of drug-likeness (QED) is 0.756. The average molecular weight is 311 g/mol. The first-order valence-corrected chi connectivity index (χ1v) is 5.49. The van der Waals surface area contributed by atoms with Crippen molar-refractivity contribution in [2.24, 2.45) is 5.16 Å². The van der Waals surface area contributed by atoms with Gasteiger partial charge in [-0.25, -0.2) is 0 Å². The second kappa shape index (κ2) is 3.74. The lowest BCUT2D eigenvalue weighted by Gasteiger charge is -2.27. The molecular weight excluding hydrogens is 304 g/mol. The fourth-order valence-corrected chi connectivity index (χ4v) is 1.36. The first kappa shape index (κ1) is 11.9. The summed E-state index contributed by atoms with van der Waals surface area (Å²) in [5.41, 5.74) is 0.605. The van der Waals surface area contributed by atoms with Crippen LogP contribution >= 0.6 is 50.7 Å². The molecule has 1 aliphatic heterocycles. The van der Waals surface area contributed by atoms with Crippen LogP contribution in [0.3, 0.4) is 0 Å². The Kier molecular flexibility index (Phi) is 3.41. The number of halogens is 4. The Morgan fingerprint density at radius 3 is 2.46 bits per heavy atom. The number of rotatable bonds is 1. The summed E-state index contributed by atoms with van der Waals surface area (Å²) in [5.74, 6) is -1.85. The number of nitrogens with zero attached hydrogens (tertiary/aromatic N) is 1. The summed E-state index contributed by atoms with van der Waals surface area (Å²) in [5, 5.41) is 13.3. The molecular formula is C6H7BrCl3NO2. The molecule has 1 rings (SSSR count). The van der Waals surface area contributed by atoms with Gasteiger partial charge in [-0.3, -0.25) is 0 Å². The normalized spacial score (nSPS) is 31.1. The largest absolute Gasteiger partial charge is 0.355 e. The molecule has 0 aromatic carbocycles. The fraction of sp³-hybridized carbons (Fsp3) is 0.833. The summed E-state index contributed by atoms with van der Waals surface area (Å²) >= 11 is 19.8. The molecule has 0 aromatic heterocycles. The lowest BCUT2D eigenvalue weighted by atomic mass is 10.1. The molecule has 1 N–H and O–H groups in total. The van der Waals surface area contributed by atoms with E-state index in [2.05, 4.69) is 21.1 Å². The molecule has 2 atom stereocenters. The third kappa shape index (κ3) is 2.42. The standard InChI is InChI=1S/C6H7BrCl3NO2/c1-3(7)4-2-5(12,13-11-4)6(8,9)10/h3,12H,2H2,1H3/t3-,5+/m1/s1. The van der Waals surface area contributed by atoms with E-state index in [1.807, 2.05) is 6.92 Å². The van der Waals surface area contributed by atoms with Crippen LogP contribution in [0.4, 0.5) is 0 Å². The van der Waals surface area contributed by atoms with Gasteiger partial charge in [0.25, 0.3) is 9.58 Å². The maximum atomic E-state index is 9.69. The van der Waals surface area contributed by atoms with Gasteiger partial charge in [-0.15, -0.1) is 0 Å². The second-order valence-corrected chi connectivity index (χ2v) is 6.40. The summed E-state index contributed by atoms with van der Waals surface area (Å²) in [6, 6.07) is 0. The average Bonchev–Trinajstić information content (AvgIpc) is 2.31. The molecule has 13 heavy (non-hydrogen) atoms. The highest BCUT2D eigenvalue weighted by molar-refractivity contribution is 9.10. The van der Waals surface area contributed by atoms with Crippen molar-refractivity contribution in [3.8, 4) is 0 Å². The number of hydrogen-bond acceptors (Lipinski definition) is 3. The van der Waals surface area contributed by atoms with Crippen molar-refractivity contribution >= 4 is 56.4 Å². The summed E-state index contributed by atoms with van der Waals surface area (Å²) in [4.78, 5) is 4.68. The summed E-state index contributed by atoms with van der Waals surface area (Å²) < 4.78 is -1.90. The van der Waals surface area contributed by atoms with E-state index in [0.717, 1.165) is 0 Å². The molecule has 1 heterocycles. The Morgan fingerprint density at radius 1 is 1.69 bits per heavy atom. The maximum Gasteiger partial charge on any atom is 0.287 e. The number of oxime groups is 1. The molecule has 0 aromatic rings. The van der Waals surface area contributed by atoms with Gasteiger partial charge in [0, 0.05) is 0 Å². The third-order valence-electron chi connectivity index (χ3n) is 1.64. The first-order chi connectivity index (χ1) is 5.76. The monoisotopic (exact) mass is 309 g/mol. The van der Waals surface area contributed by atoms with Gasteiger partial charge in [0.2, 0.25) is 0 Å². The summed E-state index contributed by atoms with van der Waals surface area (Å²) in [7, 11) is 0. The molecule has 0 spiro atoms. The number of hydrogen-bond donors (Lipinski definition) is 1. The van der Waals surface area contributed by atoms with Crippen molar-refractivity contribution < 1.29 is 9.94 Å². The molecule has 0 aliphatic carbocycles. The van der Waals surface area contributed by atoms with Gasteiger partial charge >= 0.3 is 0 Å². The predicted molar refractivity (Wildman–Crippen MR) is 56.8 cm³/mol. The van der Waals surface area contributed by atoms with E-state index in [1.165, 1.54) is 0 Å². The zero-order valence-corrected chi connectivity index (χ0v) is 10.5. The minimum absolute atomic E-state index is 0.0196. The minimum atomic E-state index is -1.90. The third-order valence-corrected chi connectivity index (χ3v) is 3.05. The van der Waals surface area contributed by atoms with Crippen molar-refractivity contribution in [1.82, 2.24) is 0 Å². The van der Waals surface area contributed by atoms with E-state index in [1.54, 1.807) is 0 Å². The molecule has 0 fully saturated rings. The number of aliphatic hydroxyl groups is 1. The Bertz CT molecular complexity index is 241. The molecule has 1 aliphatic rings. The Balaban J connectivity index is 2.73. The van der Waals surface area contributed by atoms with Crippen LogP contribution in [-0.4, -0.2) is 25.2 Å². The molecule has 0 saturated heterocycles. The minimum Gasteiger partial charge on any atom is -0.355 e. The van der Waals surface area contributed by atoms with Crippen molar-refractivity contribution in [3.05, 3.63) is 0 Å². The van der Waals surface area contributed by atoms with Crippen LogP contribution in [0.1, 0.15) is 13.3 Å². The van der Waals surface area contributed by atoms with Crippen molar-refractivity contribution in [1.29, 1.82) is 0 Å². The van der Waals surface area contributed by atoms with E-state index in [4.69, 9.17) is 39.6 Å². The molecule has 0 amide bonds. The van der Waals surface area contributed by atoms with Gasteiger partial charge in [0.1, 0.15) is 0 Å². The van der Waals surface area contributed by atoms with E-state index < -0.39 is 9.58 Å². The highest BCUT2D eigenvalue weighted by Crippen LogP contribution is 2.44. The van der Waals surface area contributed by atoms with Crippen LogP contribution < -0.4 is 0 Å². The van der Waals surface area contributed by atoms with Gasteiger partial charge in [0.05, 0.1) is 17.0 Å². The van der Waals surface area contributed by atoms with Crippen LogP contribution in [0.25, 0.3) is 0 Å². The lowest BCUT2D eigenvalue weighted by Crippen LogP contribution is -2.43. The number of alkyl halides is 4. The summed E-state index contributed by atoms with van der Waals surface area (Å²) in [6.07, 6.45) is 0.0793. The molecule has 3 nitrogen and oxygen atoms in total. The second-order valence-electron chi connectivity index (χ2n) is 2.75. The Labute approximate surface area is 99.1 Å². The van der Waals surface area contributed by atoms with E-state index in [9.17, 15) is 5.11 Å². The zero-order chi connectivity index (χ0) is 10.3. The van der Waals surface area contributed by atoms with Gasteiger partial charge in [-0.1, -0.05) is 55.9 Å². The molecule has 0 radical (unpaired) electrons. The van der Waals surface area contributed by atoms with Gasteiger partial charge in [-0.2, -0.15) is 0 Å². The predicted octanol–water partition coefficient (Wildman–Crippen LogP) is 2.60. The molecule has 0 unspecified atom stereocenters. The fourth-order valence-electron chi connectivity index (χ4n) is 0.809. The summed E-state index contributed by atoms with van der Waals surface area (Å²) in [6.45, 7) is 1.84. The topological polar surface area (TPSA) is 41.8 Å².